The SMILES string of the molecule is CCCCc1nc(-c2cccc(-c3nc(CCCC)n(CCC[Si](OCC)(OCC)OCC)n3)c2)nn1CCC[Si](OCC)(OCC)OCC. The van der Waals surface area contributed by atoms with Gasteiger partial charge in [-0.15, -0.1) is 0 Å². The maximum Gasteiger partial charge on any atom is 0.500 e. The highest BCUT2D eigenvalue weighted by molar-refractivity contribution is 6.61. The van der Waals surface area contributed by atoms with Crippen molar-refractivity contribution in [3.8, 4) is 22.8 Å². The van der Waals surface area contributed by atoms with Crippen molar-refractivity contribution in [2.75, 3.05) is 39.6 Å². The molecule has 0 aliphatic carbocycles. The van der Waals surface area contributed by atoms with E-state index in [1.54, 1.807) is 0 Å². The number of aromatic nitrogens is 6. The molecule has 282 valence electrons. The first-order valence-corrected chi connectivity index (χ1v) is 23.0. The zero-order valence-electron chi connectivity index (χ0n) is 32.2. The third-order valence-corrected chi connectivity index (χ3v) is 14.6. The van der Waals surface area contributed by atoms with Gasteiger partial charge in [-0.25, -0.2) is 19.3 Å². The van der Waals surface area contributed by atoms with Gasteiger partial charge in [0.2, 0.25) is 0 Å². The molecule has 0 saturated carbocycles. The Hall–Kier alpha value is -2.31. The van der Waals surface area contributed by atoms with Gasteiger partial charge in [0.25, 0.3) is 0 Å². The molecular weight excluding hydrogens is 669 g/mol. The summed E-state index contributed by atoms with van der Waals surface area (Å²) in [5, 5.41) is 10.0. The standard InChI is InChI=1S/C36H64N6O6Si2/c1-9-17-24-33-37-35(39-41(33)26-20-28-49(43-11-3,44-12-4)45-13-5)31-22-19-23-32(30-31)36-38-34(25-18-10-2)42(40-36)27-21-29-50(46-14-6,47-15-7)48-16-8/h19,22-23,30H,9-18,20-21,24-29H2,1-8H3. The van der Waals surface area contributed by atoms with Crippen LogP contribution in [0.2, 0.25) is 12.1 Å². The summed E-state index contributed by atoms with van der Waals surface area (Å²) in [7, 11) is -5.46. The number of hydrogen-bond acceptors (Lipinski definition) is 10. The molecular formula is C36H64N6O6Si2. The first-order valence-electron chi connectivity index (χ1n) is 19.2. The normalized spacial score (nSPS) is 12.3. The lowest BCUT2D eigenvalue weighted by molar-refractivity contribution is 0.0696. The Morgan fingerprint density at radius 3 is 1.20 bits per heavy atom. The van der Waals surface area contributed by atoms with Crippen molar-refractivity contribution in [2.24, 2.45) is 0 Å². The van der Waals surface area contributed by atoms with E-state index in [0.29, 0.717) is 39.6 Å². The van der Waals surface area contributed by atoms with E-state index in [2.05, 4.69) is 41.4 Å². The lowest BCUT2D eigenvalue weighted by atomic mass is 10.1. The van der Waals surface area contributed by atoms with E-state index >= 15 is 0 Å². The minimum Gasteiger partial charge on any atom is -0.374 e. The summed E-state index contributed by atoms with van der Waals surface area (Å²) in [6, 6.07) is 9.77. The summed E-state index contributed by atoms with van der Waals surface area (Å²) in [6.45, 7) is 21.2. The quantitative estimate of drug-likeness (QED) is 0.0686. The van der Waals surface area contributed by atoms with Crippen LogP contribution in [-0.2, 0) is 52.5 Å². The predicted molar refractivity (Wildman–Crippen MR) is 202 cm³/mol. The zero-order valence-corrected chi connectivity index (χ0v) is 34.2. The fourth-order valence-electron chi connectivity index (χ4n) is 6.08. The molecule has 3 aromatic rings. The summed E-state index contributed by atoms with van der Waals surface area (Å²) in [5.74, 6) is 3.43. The molecule has 0 saturated heterocycles. The molecule has 0 fully saturated rings. The van der Waals surface area contributed by atoms with Crippen LogP contribution in [0.1, 0.15) is 106 Å². The largest absolute Gasteiger partial charge is 0.500 e. The highest BCUT2D eigenvalue weighted by Gasteiger charge is 2.40. The van der Waals surface area contributed by atoms with Gasteiger partial charge in [-0.2, -0.15) is 10.2 Å². The minimum atomic E-state index is -2.73. The van der Waals surface area contributed by atoms with Crippen molar-refractivity contribution >= 4 is 17.6 Å². The molecule has 0 aliphatic rings. The van der Waals surface area contributed by atoms with Gasteiger partial charge in [0, 0.05) is 88.8 Å². The van der Waals surface area contributed by atoms with E-state index in [-0.39, 0.29) is 0 Å². The van der Waals surface area contributed by atoms with E-state index in [4.69, 9.17) is 46.7 Å². The fraction of sp³-hybridized carbons (Fsp3) is 0.722. The summed E-state index contributed by atoms with van der Waals surface area (Å²) in [6.07, 6.45) is 7.71. The number of nitrogens with zero attached hydrogens (tertiary/aromatic N) is 6. The van der Waals surface area contributed by atoms with Crippen LogP contribution in [0.15, 0.2) is 24.3 Å². The van der Waals surface area contributed by atoms with Crippen LogP contribution in [0.5, 0.6) is 0 Å². The van der Waals surface area contributed by atoms with Crippen LogP contribution in [0.25, 0.3) is 22.8 Å². The van der Waals surface area contributed by atoms with Crippen molar-refractivity contribution in [3.05, 3.63) is 35.9 Å². The van der Waals surface area contributed by atoms with Crippen molar-refractivity contribution < 1.29 is 26.6 Å². The molecule has 0 aliphatic heterocycles. The molecule has 12 nitrogen and oxygen atoms in total. The molecule has 0 bridgehead atoms. The van der Waals surface area contributed by atoms with Crippen molar-refractivity contribution in [1.82, 2.24) is 29.5 Å². The molecule has 50 heavy (non-hydrogen) atoms. The Kier molecular flexibility index (Phi) is 19.0. The molecule has 1 aromatic carbocycles. The van der Waals surface area contributed by atoms with Gasteiger partial charge in [-0.3, -0.25) is 0 Å². The van der Waals surface area contributed by atoms with Crippen LogP contribution < -0.4 is 0 Å². The average molecular weight is 733 g/mol. The average Bonchev–Trinajstić information content (AvgIpc) is 3.71. The van der Waals surface area contributed by atoms with Crippen molar-refractivity contribution in [3.63, 3.8) is 0 Å². The molecule has 0 N–H and O–H groups in total. The van der Waals surface area contributed by atoms with Crippen molar-refractivity contribution in [1.29, 1.82) is 0 Å². The zero-order chi connectivity index (χ0) is 36.2. The third-order valence-electron chi connectivity index (χ3n) is 8.27. The number of hydrogen-bond donors (Lipinski definition) is 0. The Bertz CT molecular complexity index is 1240. The summed E-state index contributed by atoms with van der Waals surface area (Å²) in [4.78, 5) is 10.1. The Morgan fingerprint density at radius 1 is 0.520 bits per heavy atom. The third kappa shape index (κ3) is 12.4. The van der Waals surface area contributed by atoms with E-state index < -0.39 is 17.6 Å². The Labute approximate surface area is 303 Å². The second kappa shape index (κ2) is 22.6. The van der Waals surface area contributed by atoms with Gasteiger partial charge in [0.05, 0.1) is 0 Å². The van der Waals surface area contributed by atoms with Gasteiger partial charge in [0.15, 0.2) is 11.6 Å². The van der Waals surface area contributed by atoms with E-state index in [1.807, 2.05) is 47.6 Å². The van der Waals surface area contributed by atoms with Crippen LogP contribution in [0.4, 0.5) is 0 Å². The minimum absolute atomic E-state index is 0.572. The van der Waals surface area contributed by atoms with Crippen molar-refractivity contribution in [2.45, 2.75) is 132 Å². The molecule has 0 unspecified atom stereocenters. The highest BCUT2D eigenvalue weighted by Crippen LogP contribution is 2.26. The van der Waals surface area contributed by atoms with E-state index in [0.717, 1.165) is 111 Å². The van der Waals surface area contributed by atoms with Gasteiger partial charge in [-0.05, 0) is 73.3 Å². The second-order valence-corrected chi connectivity index (χ2v) is 17.6. The molecule has 0 spiro atoms. The Balaban J connectivity index is 1.84. The smallest absolute Gasteiger partial charge is 0.374 e. The van der Waals surface area contributed by atoms with Crippen LogP contribution >= 0.6 is 0 Å². The van der Waals surface area contributed by atoms with E-state index in [9.17, 15) is 0 Å². The number of unbranched alkanes of at least 4 members (excludes halogenated alkanes) is 2. The molecule has 2 aromatic heterocycles. The first kappa shape index (κ1) is 42.1. The maximum absolute atomic E-state index is 6.09. The van der Waals surface area contributed by atoms with Crippen LogP contribution in [0, 0.1) is 0 Å². The van der Waals surface area contributed by atoms with Gasteiger partial charge in [-0.1, -0.05) is 44.9 Å². The lowest BCUT2D eigenvalue weighted by Crippen LogP contribution is -2.46. The summed E-state index contributed by atoms with van der Waals surface area (Å²) < 4.78 is 40.7. The Morgan fingerprint density at radius 2 is 0.880 bits per heavy atom. The number of rotatable bonds is 28. The molecule has 2 heterocycles. The number of benzene rings is 1. The summed E-state index contributed by atoms with van der Waals surface area (Å²) in [5.41, 5.74) is 1.90. The fourth-order valence-corrected chi connectivity index (χ4v) is 11.3. The molecule has 14 heteroatoms. The van der Waals surface area contributed by atoms with Gasteiger partial charge < -0.3 is 26.6 Å². The predicted octanol–water partition coefficient (Wildman–Crippen LogP) is 7.77. The highest BCUT2D eigenvalue weighted by atomic mass is 28.4. The van der Waals surface area contributed by atoms with Gasteiger partial charge >= 0.3 is 17.6 Å². The van der Waals surface area contributed by atoms with Crippen LogP contribution in [0.3, 0.4) is 0 Å². The monoisotopic (exact) mass is 732 g/mol. The maximum atomic E-state index is 6.09. The molecule has 0 amide bonds. The van der Waals surface area contributed by atoms with Gasteiger partial charge in [0.1, 0.15) is 11.6 Å². The van der Waals surface area contributed by atoms with Crippen LogP contribution in [-0.4, -0.2) is 86.8 Å². The molecule has 3 rings (SSSR count). The topological polar surface area (TPSA) is 117 Å². The van der Waals surface area contributed by atoms with E-state index in [1.165, 1.54) is 0 Å². The molecule has 0 radical (unpaired) electrons. The first-order chi connectivity index (χ1) is 24.4. The second-order valence-electron chi connectivity index (χ2n) is 12.1. The summed E-state index contributed by atoms with van der Waals surface area (Å²) >= 11 is 0. The lowest BCUT2D eigenvalue weighted by Gasteiger charge is -2.28. The number of aryl methyl sites for hydroxylation is 4. The molecule has 0 atom stereocenters.